The van der Waals surface area contributed by atoms with Crippen molar-refractivity contribution in [3.05, 3.63) is 53.3 Å². The number of carbonyl (C=O) groups is 1. The van der Waals surface area contributed by atoms with E-state index in [-0.39, 0.29) is 11.9 Å². The van der Waals surface area contributed by atoms with E-state index in [4.69, 9.17) is 4.74 Å². The molecule has 1 aliphatic carbocycles. The minimum Gasteiger partial charge on any atom is -0.431 e. The quantitative estimate of drug-likeness (QED) is 0.676. The minimum absolute atomic E-state index is 0.0424. The van der Waals surface area contributed by atoms with Crippen LogP contribution in [0, 0.1) is 0 Å². The van der Waals surface area contributed by atoms with E-state index in [1.165, 1.54) is 24.2 Å². The van der Waals surface area contributed by atoms with Crippen LogP contribution in [0.3, 0.4) is 0 Å². The number of rotatable bonds is 5. The number of amides is 1. The number of hydrogen-bond donors (Lipinski definition) is 0. The van der Waals surface area contributed by atoms with Crippen LogP contribution in [-0.4, -0.2) is 43.9 Å². The lowest BCUT2D eigenvalue weighted by atomic mass is 10.2. The molecule has 3 heterocycles. The van der Waals surface area contributed by atoms with Crippen molar-refractivity contribution in [2.24, 2.45) is 0 Å². The molecule has 0 radical (unpaired) electrons. The predicted octanol–water partition coefficient (Wildman–Crippen LogP) is 3.49. The molecule has 2 aliphatic rings. The lowest BCUT2D eigenvalue weighted by Gasteiger charge is -2.16. The first-order valence-corrected chi connectivity index (χ1v) is 10.0. The average Bonchev–Trinajstić information content (AvgIpc) is 3.11. The van der Waals surface area contributed by atoms with Gasteiger partial charge in [-0.2, -0.15) is 0 Å². The van der Waals surface area contributed by atoms with Gasteiger partial charge in [0.25, 0.3) is 11.1 Å². The van der Waals surface area contributed by atoms with Gasteiger partial charge in [-0.05, 0) is 43.5 Å². The number of thiazole rings is 1. The molecule has 2 aromatic heterocycles. The first-order chi connectivity index (χ1) is 13.3. The van der Waals surface area contributed by atoms with Crippen molar-refractivity contribution in [1.82, 2.24) is 24.9 Å². The highest BCUT2D eigenvalue weighted by molar-refractivity contribution is 7.11. The standard InChI is InChI=1S/C19H19N5O2S/c25-18(14-3-5-16(6-4-14)26-19-20-8-10-27-19)23-9-7-15(11-23)24-12-17(21-22-24)13-1-2-13/h3-6,8,10,12-13,15H,1-2,7,9,11H2. The molecule has 27 heavy (non-hydrogen) atoms. The zero-order valence-corrected chi connectivity index (χ0v) is 15.5. The van der Waals surface area contributed by atoms with Crippen molar-refractivity contribution in [3.8, 4) is 10.9 Å². The largest absolute Gasteiger partial charge is 0.431 e. The van der Waals surface area contributed by atoms with Crippen LogP contribution in [0.25, 0.3) is 0 Å². The summed E-state index contributed by atoms with van der Waals surface area (Å²) in [6, 6.07) is 7.43. The van der Waals surface area contributed by atoms with E-state index in [1.54, 1.807) is 18.3 Å². The van der Waals surface area contributed by atoms with E-state index in [0.29, 0.717) is 29.0 Å². The summed E-state index contributed by atoms with van der Waals surface area (Å²) in [5.74, 6) is 1.32. The van der Waals surface area contributed by atoms with Crippen molar-refractivity contribution in [1.29, 1.82) is 0 Å². The van der Waals surface area contributed by atoms with Gasteiger partial charge in [-0.3, -0.25) is 4.79 Å². The molecule has 1 saturated carbocycles. The zero-order valence-electron chi connectivity index (χ0n) is 14.7. The van der Waals surface area contributed by atoms with E-state index in [9.17, 15) is 4.79 Å². The fourth-order valence-corrected chi connectivity index (χ4v) is 3.89. The van der Waals surface area contributed by atoms with Crippen LogP contribution in [0.2, 0.25) is 0 Å². The molecular weight excluding hydrogens is 362 g/mol. The molecule has 5 rings (SSSR count). The number of nitrogens with zero attached hydrogens (tertiary/aromatic N) is 5. The summed E-state index contributed by atoms with van der Waals surface area (Å²) in [6.07, 6.45) is 7.10. The number of carbonyl (C=O) groups excluding carboxylic acids is 1. The summed E-state index contributed by atoms with van der Waals surface area (Å²) in [5.41, 5.74) is 1.76. The Morgan fingerprint density at radius 3 is 2.78 bits per heavy atom. The molecule has 3 aromatic rings. The highest BCUT2D eigenvalue weighted by atomic mass is 32.1. The Hall–Kier alpha value is -2.74. The summed E-state index contributed by atoms with van der Waals surface area (Å²) in [5, 5.41) is 11.0. The lowest BCUT2D eigenvalue weighted by molar-refractivity contribution is 0.0787. The maximum Gasteiger partial charge on any atom is 0.278 e. The number of aromatic nitrogens is 4. The van der Waals surface area contributed by atoms with E-state index in [2.05, 4.69) is 21.5 Å². The highest BCUT2D eigenvalue weighted by Gasteiger charge is 2.31. The first kappa shape index (κ1) is 16.4. The fraction of sp³-hybridized carbons (Fsp3) is 0.368. The Balaban J connectivity index is 1.22. The second-order valence-electron chi connectivity index (χ2n) is 7.02. The Labute approximate surface area is 160 Å². The number of hydrogen-bond acceptors (Lipinski definition) is 6. The molecule has 1 amide bonds. The Morgan fingerprint density at radius 1 is 1.19 bits per heavy atom. The molecule has 0 N–H and O–H groups in total. The van der Waals surface area contributed by atoms with Gasteiger partial charge >= 0.3 is 0 Å². The van der Waals surface area contributed by atoms with Gasteiger partial charge in [0.05, 0.1) is 11.7 Å². The molecule has 1 saturated heterocycles. The minimum atomic E-state index is 0.0424. The maximum absolute atomic E-state index is 12.8. The van der Waals surface area contributed by atoms with E-state index < -0.39 is 0 Å². The third kappa shape index (κ3) is 3.44. The Bertz CT molecular complexity index is 933. The monoisotopic (exact) mass is 381 g/mol. The van der Waals surface area contributed by atoms with Crippen LogP contribution in [0.5, 0.6) is 10.9 Å². The van der Waals surface area contributed by atoms with Crippen molar-refractivity contribution in [3.63, 3.8) is 0 Å². The molecule has 1 aromatic carbocycles. The van der Waals surface area contributed by atoms with Gasteiger partial charge in [-0.15, -0.1) is 5.10 Å². The fourth-order valence-electron chi connectivity index (χ4n) is 3.39. The van der Waals surface area contributed by atoms with E-state index in [1.807, 2.05) is 27.1 Å². The predicted molar refractivity (Wildman–Crippen MR) is 100 cm³/mol. The first-order valence-electron chi connectivity index (χ1n) is 9.15. The van der Waals surface area contributed by atoms with E-state index in [0.717, 1.165) is 18.7 Å². The summed E-state index contributed by atoms with van der Waals surface area (Å²) in [6.45, 7) is 1.41. The second kappa shape index (κ2) is 6.77. The van der Waals surface area contributed by atoms with Crippen LogP contribution < -0.4 is 4.74 Å². The second-order valence-corrected chi connectivity index (χ2v) is 7.87. The van der Waals surface area contributed by atoms with Gasteiger partial charge < -0.3 is 9.64 Å². The molecule has 1 aliphatic heterocycles. The molecule has 2 fully saturated rings. The third-order valence-corrected chi connectivity index (χ3v) is 5.71. The highest BCUT2D eigenvalue weighted by Crippen LogP contribution is 2.39. The van der Waals surface area contributed by atoms with Gasteiger partial charge in [0.1, 0.15) is 5.75 Å². The molecule has 7 nitrogen and oxygen atoms in total. The van der Waals surface area contributed by atoms with Crippen LogP contribution in [0.15, 0.2) is 42.0 Å². The van der Waals surface area contributed by atoms with Gasteiger partial charge in [0.15, 0.2) is 0 Å². The number of benzene rings is 1. The van der Waals surface area contributed by atoms with Gasteiger partial charge in [-0.1, -0.05) is 16.6 Å². The average molecular weight is 381 g/mol. The van der Waals surface area contributed by atoms with Crippen LogP contribution in [0.4, 0.5) is 0 Å². The number of likely N-dealkylation sites (tertiary alicyclic amines) is 1. The summed E-state index contributed by atoms with van der Waals surface area (Å²) >= 11 is 1.43. The molecular formula is C19H19N5O2S. The van der Waals surface area contributed by atoms with Crippen molar-refractivity contribution in [2.75, 3.05) is 13.1 Å². The molecule has 0 bridgehead atoms. The normalized spacial score (nSPS) is 19.4. The topological polar surface area (TPSA) is 73.1 Å². The molecule has 0 spiro atoms. The van der Waals surface area contributed by atoms with Crippen molar-refractivity contribution in [2.45, 2.75) is 31.2 Å². The van der Waals surface area contributed by atoms with E-state index >= 15 is 0 Å². The van der Waals surface area contributed by atoms with Gasteiger partial charge in [0, 0.05) is 42.3 Å². The molecule has 8 heteroatoms. The van der Waals surface area contributed by atoms with Crippen LogP contribution >= 0.6 is 11.3 Å². The lowest BCUT2D eigenvalue weighted by Crippen LogP contribution is -2.29. The summed E-state index contributed by atoms with van der Waals surface area (Å²) in [4.78, 5) is 18.8. The Kier molecular flexibility index (Phi) is 4.12. The van der Waals surface area contributed by atoms with Crippen LogP contribution in [-0.2, 0) is 0 Å². The van der Waals surface area contributed by atoms with Gasteiger partial charge in [0.2, 0.25) is 0 Å². The summed E-state index contributed by atoms with van der Waals surface area (Å²) < 4.78 is 7.58. The van der Waals surface area contributed by atoms with Crippen molar-refractivity contribution < 1.29 is 9.53 Å². The Morgan fingerprint density at radius 2 is 2.04 bits per heavy atom. The van der Waals surface area contributed by atoms with Gasteiger partial charge in [-0.25, -0.2) is 9.67 Å². The third-order valence-electron chi connectivity index (χ3n) is 5.06. The number of ether oxygens (including phenoxy) is 1. The molecule has 138 valence electrons. The smallest absolute Gasteiger partial charge is 0.278 e. The SMILES string of the molecule is O=C(c1ccc(Oc2nccs2)cc1)N1CCC(n2cc(C3CC3)nn2)C1. The summed E-state index contributed by atoms with van der Waals surface area (Å²) in [7, 11) is 0. The maximum atomic E-state index is 12.8. The van der Waals surface area contributed by atoms with Crippen molar-refractivity contribution >= 4 is 17.2 Å². The molecule has 1 atom stereocenters. The van der Waals surface area contributed by atoms with Crippen LogP contribution in [0.1, 0.15) is 47.3 Å². The zero-order chi connectivity index (χ0) is 18.2. The molecule has 1 unspecified atom stereocenters.